The van der Waals surface area contributed by atoms with Gasteiger partial charge in [0.2, 0.25) is 0 Å². The highest BCUT2D eigenvalue weighted by molar-refractivity contribution is 6.31. The third-order valence-corrected chi connectivity index (χ3v) is 4.48. The number of nitrogens with one attached hydrogen (secondary N) is 2. The van der Waals surface area contributed by atoms with E-state index in [1.165, 1.54) is 12.3 Å². The molecule has 0 atom stereocenters. The summed E-state index contributed by atoms with van der Waals surface area (Å²) in [6, 6.07) is 15.7. The van der Waals surface area contributed by atoms with Crippen LogP contribution in [0, 0.1) is 13.8 Å². The zero-order valence-corrected chi connectivity index (χ0v) is 15.7. The first-order valence-electron chi connectivity index (χ1n) is 8.34. The van der Waals surface area contributed by atoms with Gasteiger partial charge in [-0.2, -0.15) is 0 Å². The Balaban J connectivity index is 1.76. The summed E-state index contributed by atoms with van der Waals surface area (Å²) in [5, 5.41) is 6.14. The van der Waals surface area contributed by atoms with Crippen molar-refractivity contribution >= 4 is 34.8 Å². The number of carbonyl (C=O) groups is 2. The van der Waals surface area contributed by atoms with Gasteiger partial charge < -0.3 is 10.6 Å². The second-order valence-electron chi connectivity index (χ2n) is 6.12. The number of aryl methyl sites for hydroxylation is 2. The number of benzene rings is 2. The lowest BCUT2D eigenvalue weighted by Crippen LogP contribution is -2.17. The number of carbonyl (C=O) groups excluding carboxylic acids is 2. The number of para-hydroxylation sites is 1. The molecular formula is C21H18ClN3O2. The van der Waals surface area contributed by atoms with Crippen LogP contribution in [0.1, 0.15) is 32.0 Å². The lowest BCUT2D eigenvalue weighted by molar-refractivity contribution is 0.102. The molecule has 3 aromatic rings. The number of hydrogen-bond acceptors (Lipinski definition) is 3. The zero-order chi connectivity index (χ0) is 19.4. The summed E-state index contributed by atoms with van der Waals surface area (Å²) in [6.07, 6.45) is 1.43. The molecule has 0 bridgehead atoms. The van der Waals surface area contributed by atoms with Crippen molar-refractivity contribution in [1.29, 1.82) is 0 Å². The molecule has 6 heteroatoms. The van der Waals surface area contributed by atoms with Gasteiger partial charge in [-0.25, -0.2) is 0 Å². The van der Waals surface area contributed by atoms with Crippen molar-refractivity contribution in [3.05, 3.63) is 88.2 Å². The van der Waals surface area contributed by atoms with Crippen LogP contribution in [0.25, 0.3) is 0 Å². The van der Waals surface area contributed by atoms with Crippen molar-refractivity contribution in [1.82, 2.24) is 4.98 Å². The quantitative estimate of drug-likeness (QED) is 0.680. The predicted octanol–water partition coefficient (Wildman–Crippen LogP) is 4.86. The molecule has 27 heavy (non-hydrogen) atoms. The Morgan fingerprint density at radius 1 is 0.889 bits per heavy atom. The fourth-order valence-corrected chi connectivity index (χ4v) is 2.65. The van der Waals surface area contributed by atoms with Crippen LogP contribution in [-0.2, 0) is 0 Å². The molecule has 5 nitrogen and oxygen atoms in total. The molecule has 1 heterocycles. The molecular weight excluding hydrogens is 362 g/mol. The number of pyridine rings is 1. The molecule has 0 unspecified atom stereocenters. The van der Waals surface area contributed by atoms with Crippen molar-refractivity contribution < 1.29 is 9.59 Å². The van der Waals surface area contributed by atoms with Crippen molar-refractivity contribution in [3.8, 4) is 0 Å². The van der Waals surface area contributed by atoms with Gasteiger partial charge in [0.25, 0.3) is 11.8 Å². The molecule has 0 saturated carbocycles. The second-order valence-corrected chi connectivity index (χ2v) is 6.52. The van der Waals surface area contributed by atoms with Gasteiger partial charge in [0, 0.05) is 28.2 Å². The number of hydrogen-bond donors (Lipinski definition) is 2. The monoisotopic (exact) mass is 379 g/mol. The van der Waals surface area contributed by atoms with Crippen LogP contribution in [-0.4, -0.2) is 16.8 Å². The highest BCUT2D eigenvalue weighted by Gasteiger charge is 2.13. The van der Waals surface area contributed by atoms with E-state index in [2.05, 4.69) is 15.6 Å². The summed E-state index contributed by atoms with van der Waals surface area (Å²) in [5.41, 5.74) is 3.64. The number of amides is 2. The molecule has 2 N–H and O–H groups in total. The number of aromatic nitrogens is 1. The Hall–Kier alpha value is -3.18. The van der Waals surface area contributed by atoms with Gasteiger partial charge >= 0.3 is 0 Å². The summed E-state index contributed by atoms with van der Waals surface area (Å²) in [6.45, 7) is 3.79. The molecule has 1 aromatic heterocycles. The summed E-state index contributed by atoms with van der Waals surface area (Å²) in [5.74, 6) is -0.723. The maximum Gasteiger partial charge on any atom is 0.274 e. The zero-order valence-electron chi connectivity index (χ0n) is 14.9. The lowest BCUT2D eigenvalue weighted by atomic mass is 10.1. The fourth-order valence-electron chi connectivity index (χ4n) is 2.47. The van der Waals surface area contributed by atoms with Gasteiger partial charge in [-0.15, -0.1) is 0 Å². The van der Waals surface area contributed by atoms with E-state index in [4.69, 9.17) is 11.6 Å². The minimum absolute atomic E-state index is 0.160. The fraction of sp³-hybridized carbons (Fsp3) is 0.0952. The Kier molecular flexibility index (Phi) is 5.52. The second kappa shape index (κ2) is 8.01. The number of anilines is 2. The molecule has 2 aromatic carbocycles. The molecule has 0 spiro atoms. The highest BCUT2D eigenvalue weighted by Crippen LogP contribution is 2.20. The van der Waals surface area contributed by atoms with Crippen LogP contribution in [0.2, 0.25) is 5.02 Å². The van der Waals surface area contributed by atoms with Crippen molar-refractivity contribution in [2.45, 2.75) is 13.8 Å². The van der Waals surface area contributed by atoms with Gasteiger partial charge in [-0.3, -0.25) is 14.6 Å². The maximum atomic E-state index is 12.5. The van der Waals surface area contributed by atoms with Crippen molar-refractivity contribution in [3.63, 3.8) is 0 Å². The van der Waals surface area contributed by atoms with Gasteiger partial charge in [0.1, 0.15) is 5.69 Å². The first-order valence-corrected chi connectivity index (χ1v) is 8.72. The van der Waals surface area contributed by atoms with Crippen LogP contribution in [0.3, 0.4) is 0 Å². The molecule has 0 aliphatic heterocycles. The van der Waals surface area contributed by atoms with Crippen LogP contribution in [0.5, 0.6) is 0 Å². The average molecular weight is 380 g/mol. The lowest BCUT2D eigenvalue weighted by Gasteiger charge is -2.09. The van der Waals surface area contributed by atoms with Gasteiger partial charge in [0.15, 0.2) is 0 Å². The molecule has 0 aliphatic carbocycles. The Labute approximate surface area is 162 Å². The van der Waals surface area contributed by atoms with Crippen LogP contribution in [0.4, 0.5) is 11.4 Å². The van der Waals surface area contributed by atoms with Crippen LogP contribution in [0.15, 0.2) is 60.8 Å². The standard InChI is InChI=1S/C21H18ClN3O2/c1-13-7-8-16(12-17(13)22)24-20(26)15-9-10-23-19(11-15)21(27)25-18-6-4-3-5-14(18)2/h3-12H,1-2H3,(H,24,26)(H,25,27). The van der Waals surface area contributed by atoms with Gasteiger partial charge in [-0.05, 0) is 55.3 Å². The minimum atomic E-state index is -0.377. The molecule has 0 fully saturated rings. The molecule has 3 rings (SSSR count). The van der Waals surface area contributed by atoms with E-state index in [0.717, 1.165) is 11.1 Å². The van der Waals surface area contributed by atoms with E-state index >= 15 is 0 Å². The third-order valence-electron chi connectivity index (χ3n) is 4.08. The van der Waals surface area contributed by atoms with Crippen LogP contribution >= 0.6 is 11.6 Å². The topological polar surface area (TPSA) is 71.1 Å². The van der Waals surface area contributed by atoms with Gasteiger partial charge in [-0.1, -0.05) is 35.9 Å². The molecule has 0 aliphatic rings. The summed E-state index contributed by atoms with van der Waals surface area (Å²) in [4.78, 5) is 29.0. The SMILES string of the molecule is Cc1ccc(NC(=O)c2ccnc(C(=O)Nc3ccccc3C)c2)cc1Cl. The van der Waals surface area contributed by atoms with E-state index < -0.39 is 0 Å². The normalized spacial score (nSPS) is 10.3. The van der Waals surface area contributed by atoms with E-state index in [-0.39, 0.29) is 17.5 Å². The smallest absolute Gasteiger partial charge is 0.274 e. The minimum Gasteiger partial charge on any atom is -0.322 e. The molecule has 136 valence electrons. The summed E-state index contributed by atoms with van der Waals surface area (Å²) >= 11 is 6.09. The first kappa shape index (κ1) is 18.6. The molecule has 2 amide bonds. The highest BCUT2D eigenvalue weighted by atomic mass is 35.5. The maximum absolute atomic E-state index is 12.5. The molecule has 0 radical (unpaired) electrons. The van der Waals surface area contributed by atoms with E-state index in [1.807, 2.05) is 44.2 Å². The number of rotatable bonds is 4. The number of halogens is 1. The predicted molar refractivity (Wildman–Crippen MR) is 108 cm³/mol. The number of nitrogens with zero attached hydrogens (tertiary/aromatic N) is 1. The molecule has 0 saturated heterocycles. The Bertz CT molecular complexity index is 1020. The largest absolute Gasteiger partial charge is 0.322 e. The van der Waals surface area contributed by atoms with Crippen LogP contribution < -0.4 is 10.6 Å². The summed E-state index contributed by atoms with van der Waals surface area (Å²) < 4.78 is 0. The summed E-state index contributed by atoms with van der Waals surface area (Å²) in [7, 11) is 0. The average Bonchev–Trinajstić information content (AvgIpc) is 2.66. The Morgan fingerprint density at radius 2 is 1.67 bits per heavy atom. The van der Waals surface area contributed by atoms with E-state index in [9.17, 15) is 9.59 Å². The van der Waals surface area contributed by atoms with E-state index in [1.54, 1.807) is 18.2 Å². The van der Waals surface area contributed by atoms with Gasteiger partial charge in [0.05, 0.1) is 0 Å². The van der Waals surface area contributed by atoms with Crippen molar-refractivity contribution in [2.75, 3.05) is 10.6 Å². The third kappa shape index (κ3) is 4.51. The van der Waals surface area contributed by atoms with Crippen molar-refractivity contribution in [2.24, 2.45) is 0 Å². The Morgan fingerprint density at radius 3 is 2.41 bits per heavy atom. The first-order chi connectivity index (χ1) is 12.9. The van der Waals surface area contributed by atoms with E-state index in [0.29, 0.717) is 22.0 Å².